The fourth-order valence-corrected chi connectivity index (χ4v) is 5.95. The van der Waals surface area contributed by atoms with Crippen LogP contribution in [0.5, 0.6) is 6.01 Å². The van der Waals surface area contributed by atoms with E-state index < -0.39 is 11.8 Å². The van der Waals surface area contributed by atoms with Crippen LogP contribution in [0, 0.1) is 5.82 Å². The number of nitrogens with two attached hydrogens (primary N) is 1. The van der Waals surface area contributed by atoms with Gasteiger partial charge in [0.15, 0.2) is 11.0 Å². The second-order valence-corrected chi connectivity index (χ2v) is 10.8. The molecule has 202 valence electrons. The van der Waals surface area contributed by atoms with Crippen molar-refractivity contribution in [1.29, 1.82) is 0 Å². The lowest BCUT2D eigenvalue weighted by molar-refractivity contribution is -0.138. The first-order valence-electron chi connectivity index (χ1n) is 12.6. The van der Waals surface area contributed by atoms with E-state index in [0.717, 1.165) is 32.2 Å². The van der Waals surface area contributed by atoms with Crippen LogP contribution in [-0.2, 0) is 9.53 Å². The number of aliphatic carboxylic acids is 1. The zero-order valence-corrected chi connectivity index (χ0v) is 21.6. The Morgan fingerprint density at radius 3 is 2.95 bits per heavy atom. The molecule has 2 bridgehead atoms. The maximum atomic E-state index is 15.1. The van der Waals surface area contributed by atoms with Crippen LogP contribution in [0.2, 0.25) is 5.15 Å². The molecule has 5 heterocycles. The number of hydrogen-bond donors (Lipinski definition) is 3. The summed E-state index contributed by atoms with van der Waals surface area (Å²) < 4.78 is 26.9. The molecule has 3 aliphatic heterocycles. The number of fused-ring (bicyclic) bond motifs is 3. The number of ether oxygens (including phenoxy) is 2. The summed E-state index contributed by atoms with van der Waals surface area (Å²) in [5, 5.41) is 12.7. The van der Waals surface area contributed by atoms with Crippen molar-refractivity contribution >= 4 is 34.3 Å². The van der Waals surface area contributed by atoms with E-state index in [9.17, 15) is 4.79 Å². The minimum atomic E-state index is -0.895. The van der Waals surface area contributed by atoms with Crippen LogP contribution in [0.3, 0.4) is 0 Å². The van der Waals surface area contributed by atoms with Crippen molar-refractivity contribution in [3.8, 4) is 6.01 Å². The van der Waals surface area contributed by atoms with Gasteiger partial charge in [-0.1, -0.05) is 11.6 Å². The number of nitrogens with one attached hydrogen (secondary N) is 1. The second-order valence-electron chi connectivity index (χ2n) is 10.4. The van der Waals surface area contributed by atoms with Crippen molar-refractivity contribution in [1.82, 2.24) is 25.2 Å². The Morgan fingerprint density at radius 1 is 1.38 bits per heavy atom. The molecular weight excluding hydrogens is 505 g/mol. The summed E-state index contributed by atoms with van der Waals surface area (Å²) in [5.41, 5.74) is 5.48. The third kappa shape index (κ3) is 5.17. The van der Waals surface area contributed by atoms with E-state index in [1.807, 2.05) is 7.05 Å². The van der Waals surface area contributed by atoms with E-state index >= 15 is 4.39 Å². The number of hydrogen-bond acceptors (Lipinski definition) is 10. The molecule has 2 aromatic heterocycles. The Morgan fingerprint density at radius 2 is 2.22 bits per heavy atom. The summed E-state index contributed by atoms with van der Waals surface area (Å²) in [7, 11) is 2.02. The molecule has 4 N–H and O–H groups in total. The number of aromatic nitrogens is 3. The number of carbonyl (C=O) groups is 1. The van der Waals surface area contributed by atoms with E-state index in [1.165, 1.54) is 6.20 Å². The predicted octanol–water partition coefficient (Wildman–Crippen LogP) is 1.42. The zero-order valence-electron chi connectivity index (χ0n) is 20.9. The summed E-state index contributed by atoms with van der Waals surface area (Å²) in [6.45, 7) is 3.35. The number of anilines is 1. The number of rotatable bonds is 10. The minimum Gasteiger partial charge on any atom is -0.481 e. The normalized spacial score (nSPS) is 27.8. The van der Waals surface area contributed by atoms with Crippen molar-refractivity contribution < 1.29 is 23.8 Å². The highest BCUT2D eigenvalue weighted by molar-refractivity contribution is 6.30. The Hall–Kier alpha value is -2.38. The quantitative estimate of drug-likeness (QED) is 0.299. The average Bonchev–Trinajstić information content (AvgIpc) is 3.40. The summed E-state index contributed by atoms with van der Waals surface area (Å²) in [5.74, 6) is -1.09. The van der Waals surface area contributed by atoms with E-state index in [0.29, 0.717) is 37.4 Å². The van der Waals surface area contributed by atoms with Gasteiger partial charge in [-0.15, -0.1) is 0 Å². The fourth-order valence-electron chi connectivity index (χ4n) is 5.81. The van der Waals surface area contributed by atoms with Crippen LogP contribution in [0.25, 0.3) is 10.9 Å². The van der Waals surface area contributed by atoms with Crippen LogP contribution in [-0.4, -0.2) is 101 Å². The molecule has 5 rings (SSSR count). The molecule has 0 aromatic carbocycles. The molecule has 3 saturated heterocycles. The lowest BCUT2D eigenvalue weighted by Crippen LogP contribution is -2.62. The third-order valence-corrected chi connectivity index (χ3v) is 8.21. The Balaban J connectivity index is 1.44. The first-order valence-corrected chi connectivity index (χ1v) is 13.0. The molecule has 3 atom stereocenters. The van der Waals surface area contributed by atoms with Gasteiger partial charge in [0.1, 0.15) is 17.9 Å². The predicted molar refractivity (Wildman–Crippen MR) is 136 cm³/mol. The Kier molecular flexibility index (Phi) is 7.38. The summed E-state index contributed by atoms with van der Waals surface area (Å²) in [6.07, 6.45) is 5.17. The van der Waals surface area contributed by atoms with Crippen molar-refractivity contribution in [2.24, 2.45) is 5.73 Å². The van der Waals surface area contributed by atoms with Gasteiger partial charge in [0.25, 0.3) is 0 Å². The highest BCUT2D eigenvalue weighted by Crippen LogP contribution is 2.37. The van der Waals surface area contributed by atoms with Crippen LogP contribution >= 0.6 is 11.6 Å². The molecule has 3 unspecified atom stereocenters. The lowest BCUT2D eigenvalue weighted by Gasteiger charge is -2.42. The molecule has 0 amide bonds. The van der Waals surface area contributed by atoms with Gasteiger partial charge in [-0.2, -0.15) is 9.97 Å². The van der Waals surface area contributed by atoms with Crippen LogP contribution in [0.15, 0.2) is 6.20 Å². The van der Waals surface area contributed by atoms with Crippen molar-refractivity contribution in [2.75, 3.05) is 57.9 Å². The molecule has 0 radical (unpaired) electrons. The van der Waals surface area contributed by atoms with Crippen molar-refractivity contribution in [3.63, 3.8) is 0 Å². The van der Waals surface area contributed by atoms with E-state index in [2.05, 4.69) is 25.1 Å². The summed E-state index contributed by atoms with van der Waals surface area (Å²) >= 11 is 6.00. The number of halogens is 2. The molecule has 0 spiro atoms. The lowest BCUT2D eigenvalue weighted by atomic mass is 9.98. The van der Waals surface area contributed by atoms with E-state index in [4.69, 9.17) is 36.9 Å². The van der Waals surface area contributed by atoms with Crippen LogP contribution < -0.4 is 20.7 Å². The average molecular weight is 538 g/mol. The third-order valence-electron chi connectivity index (χ3n) is 7.95. The SMILES string of the molecule is CN1CCCC1(CN)COc1nc(N2CC3CCC(COCCC(=O)O)(C2)N3)c2cnc(Cl)c(F)c2n1. The minimum absolute atomic E-state index is 0.0499. The first kappa shape index (κ1) is 26.2. The monoisotopic (exact) mass is 537 g/mol. The molecule has 0 aliphatic carbocycles. The Bertz CT molecular complexity index is 1180. The fraction of sp³-hybridized carbons (Fsp3) is 0.667. The van der Waals surface area contributed by atoms with Crippen LogP contribution in [0.4, 0.5) is 10.2 Å². The summed E-state index contributed by atoms with van der Waals surface area (Å²) in [4.78, 5) is 28.3. The van der Waals surface area contributed by atoms with E-state index in [1.54, 1.807) is 0 Å². The van der Waals surface area contributed by atoms with Gasteiger partial charge in [-0.05, 0) is 39.3 Å². The van der Waals surface area contributed by atoms with Crippen LogP contribution in [0.1, 0.15) is 32.1 Å². The van der Waals surface area contributed by atoms with Gasteiger partial charge in [-0.3, -0.25) is 9.69 Å². The number of pyridine rings is 1. The molecule has 3 aliphatic rings. The van der Waals surface area contributed by atoms with Gasteiger partial charge < -0.3 is 30.5 Å². The first-order chi connectivity index (χ1) is 17.7. The van der Waals surface area contributed by atoms with Gasteiger partial charge in [0.05, 0.1) is 36.1 Å². The number of piperazine rings is 1. The maximum Gasteiger partial charge on any atom is 0.319 e. The van der Waals surface area contributed by atoms with Gasteiger partial charge >= 0.3 is 12.0 Å². The van der Waals surface area contributed by atoms with E-state index in [-0.39, 0.29) is 53.4 Å². The van der Waals surface area contributed by atoms with Gasteiger partial charge in [0, 0.05) is 31.9 Å². The Labute approximate surface area is 219 Å². The van der Waals surface area contributed by atoms with Crippen molar-refractivity contribution in [2.45, 2.75) is 49.2 Å². The van der Waals surface area contributed by atoms with Crippen molar-refractivity contribution in [3.05, 3.63) is 17.2 Å². The molecule has 2 aromatic rings. The highest BCUT2D eigenvalue weighted by atomic mass is 35.5. The number of nitrogens with zero attached hydrogens (tertiary/aromatic N) is 5. The second kappa shape index (κ2) is 10.4. The maximum absolute atomic E-state index is 15.1. The number of likely N-dealkylation sites (N-methyl/N-ethyl adjacent to an activating group) is 1. The topological polar surface area (TPSA) is 139 Å². The molecule has 0 saturated carbocycles. The standard InChI is InChI=1S/C24H33ClFN7O4/c1-32-7-2-5-24(32,11-27)14-37-22-29-19-16(9-28-20(25)18(19)26)21(30-22)33-10-15-3-6-23(12-33,31-15)13-36-8-4-17(34)35/h9,15,31H,2-8,10-14,27H2,1H3,(H,34,35). The molecule has 37 heavy (non-hydrogen) atoms. The number of carboxylic acids is 1. The highest BCUT2D eigenvalue weighted by Gasteiger charge is 2.46. The summed E-state index contributed by atoms with van der Waals surface area (Å²) in [6, 6.07) is 0.249. The molecular formula is C24H33ClFN7O4. The zero-order chi connectivity index (χ0) is 26.2. The van der Waals surface area contributed by atoms with Gasteiger partial charge in [-0.25, -0.2) is 9.37 Å². The molecule has 3 fully saturated rings. The molecule has 11 nitrogen and oxygen atoms in total. The smallest absolute Gasteiger partial charge is 0.319 e. The number of likely N-dealkylation sites (tertiary alicyclic amines) is 1. The molecule has 13 heteroatoms. The number of carboxylic acid groups (broad SMARTS) is 1. The largest absolute Gasteiger partial charge is 0.481 e. The van der Waals surface area contributed by atoms with Gasteiger partial charge in [0.2, 0.25) is 0 Å².